The molecule has 2 unspecified atom stereocenters. The molecule has 0 saturated heterocycles. The first-order chi connectivity index (χ1) is 6.91. The highest BCUT2D eigenvalue weighted by Gasteiger charge is 2.16. The molecule has 0 aromatic heterocycles. The van der Waals surface area contributed by atoms with E-state index >= 15 is 0 Å². The number of hydrogen-bond donors (Lipinski definition) is 4. The van der Waals surface area contributed by atoms with E-state index in [4.69, 9.17) is 20.4 Å². The van der Waals surface area contributed by atoms with Gasteiger partial charge in [0.2, 0.25) is 0 Å². The van der Waals surface area contributed by atoms with Gasteiger partial charge in [0.25, 0.3) is 0 Å². The third kappa shape index (κ3) is 7.62. The smallest absolute Gasteiger partial charge is 0.394 e. The summed E-state index contributed by atoms with van der Waals surface area (Å²) in [5.41, 5.74) is 0. The molecule has 0 radical (unpaired) electrons. The largest absolute Gasteiger partial charge is 0.400 e. The Bertz CT molecular complexity index is 230. The Morgan fingerprint density at radius 2 is 1.27 bits per heavy atom. The van der Waals surface area contributed by atoms with Gasteiger partial charge in [-0.05, 0) is 0 Å². The molecule has 0 rings (SSSR count). The lowest BCUT2D eigenvalue weighted by Gasteiger charge is -2.10. The maximum atomic E-state index is 10.8. The summed E-state index contributed by atoms with van der Waals surface area (Å²) in [5, 5.41) is 34.2. The van der Waals surface area contributed by atoms with E-state index in [1.807, 2.05) is 0 Å². The van der Waals surface area contributed by atoms with Crippen LogP contribution in [0.2, 0.25) is 0 Å². The van der Waals surface area contributed by atoms with Crippen LogP contribution in [-0.4, -0.2) is 67.5 Å². The minimum absolute atomic E-state index is 0.644. The van der Waals surface area contributed by atoms with Gasteiger partial charge in [-0.15, -0.1) is 0 Å². The van der Waals surface area contributed by atoms with Gasteiger partial charge < -0.3 is 20.4 Å². The second-order valence-corrected chi connectivity index (χ2v) is 3.94. The summed E-state index contributed by atoms with van der Waals surface area (Å²) in [4.78, 5) is 0. The van der Waals surface area contributed by atoms with Gasteiger partial charge in [-0.3, -0.25) is 0 Å². The van der Waals surface area contributed by atoms with Gasteiger partial charge in [0, 0.05) is 0 Å². The van der Waals surface area contributed by atoms with Crippen molar-refractivity contribution in [1.82, 2.24) is 0 Å². The SMILES string of the molecule is O=S(=O)(OCC(O)CO)OCC(O)CO. The van der Waals surface area contributed by atoms with Crippen molar-refractivity contribution in [1.29, 1.82) is 0 Å². The summed E-state index contributed by atoms with van der Waals surface area (Å²) >= 11 is 0. The molecule has 0 amide bonds. The summed E-state index contributed by atoms with van der Waals surface area (Å²) in [5.74, 6) is 0. The molecular formula is C6H14O8S. The normalized spacial score (nSPS) is 16.3. The summed E-state index contributed by atoms with van der Waals surface area (Å²) in [6.45, 7) is -2.58. The molecule has 0 fully saturated rings. The van der Waals surface area contributed by atoms with E-state index in [-0.39, 0.29) is 0 Å². The molecule has 0 aromatic rings. The molecule has 0 spiro atoms. The van der Waals surface area contributed by atoms with E-state index in [0.717, 1.165) is 0 Å². The van der Waals surface area contributed by atoms with Crippen molar-refractivity contribution in [2.24, 2.45) is 0 Å². The quantitative estimate of drug-likeness (QED) is 0.355. The van der Waals surface area contributed by atoms with Gasteiger partial charge in [0.15, 0.2) is 0 Å². The Labute approximate surface area is 87.0 Å². The van der Waals surface area contributed by atoms with E-state index in [2.05, 4.69) is 8.37 Å². The number of hydrogen-bond acceptors (Lipinski definition) is 8. The number of rotatable bonds is 8. The van der Waals surface area contributed by atoms with Crippen molar-refractivity contribution in [3.63, 3.8) is 0 Å². The first-order valence-corrected chi connectivity index (χ1v) is 5.36. The molecule has 0 aromatic carbocycles. The predicted octanol–water partition coefficient (Wildman–Crippen LogP) is -3.03. The Balaban J connectivity index is 3.87. The highest BCUT2D eigenvalue weighted by Crippen LogP contribution is 1.99. The van der Waals surface area contributed by atoms with Crippen molar-refractivity contribution in [2.45, 2.75) is 12.2 Å². The van der Waals surface area contributed by atoms with Crippen LogP contribution in [-0.2, 0) is 18.8 Å². The average Bonchev–Trinajstić information content (AvgIpc) is 2.22. The van der Waals surface area contributed by atoms with Crippen LogP contribution in [0, 0.1) is 0 Å². The van der Waals surface area contributed by atoms with Crippen LogP contribution in [0.15, 0.2) is 0 Å². The van der Waals surface area contributed by atoms with Gasteiger partial charge in [-0.2, -0.15) is 8.42 Å². The van der Waals surface area contributed by atoms with Gasteiger partial charge >= 0.3 is 10.4 Å². The molecular weight excluding hydrogens is 232 g/mol. The van der Waals surface area contributed by atoms with Gasteiger partial charge in [0.05, 0.1) is 26.4 Å². The molecule has 9 heteroatoms. The highest BCUT2D eigenvalue weighted by molar-refractivity contribution is 7.81. The monoisotopic (exact) mass is 246 g/mol. The summed E-state index contributed by atoms with van der Waals surface area (Å²) in [6.07, 6.45) is -2.66. The van der Waals surface area contributed by atoms with Crippen molar-refractivity contribution < 1.29 is 37.2 Å². The van der Waals surface area contributed by atoms with Crippen LogP contribution < -0.4 is 0 Å². The van der Waals surface area contributed by atoms with Crippen LogP contribution in [0.5, 0.6) is 0 Å². The Morgan fingerprint density at radius 3 is 1.53 bits per heavy atom. The molecule has 0 aliphatic heterocycles. The van der Waals surface area contributed by atoms with E-state index in [1.165, 1.54) is 0 Å². The molecule has 4 N–H and O–H groups in total. The van der Waals surface area contributed by atoms with Crippen LogP contribution in [0.1, 0.15) is 0 Å². The summed E-state index contributed by atoms with van der Waals surface area (Å²) in [6, 6.07) is 0. The molecule has 0 saturated carbocycles. The standard InChI is InChI=1S/C6H14O8S/c7-1-5(9)3-13-15(11,12)14-4-6(10)2-8/h5-10H,1-4H2. The van der Waals surface area contributed by atoms with Crippen LogP contribution in [0.3, 0.4) is 0 Å². The first-order valence-electron chi connectivity index (χ1n) is 4.03. The van der Waals surface area contributed by atoms with Crippen molar-refractivity contribution >= 4 is 10.4 Å². The third-order valence-electron chi connectivity index (χ3n) is 1.23. The lowest BCUT2D eigenvalue weighted by Crippen LogP contribution is -2.26. The molecule has 0 heterocycles. The average molecular weight is 246 g/mol. The lowest BCUT2D eigenvalue weighted by molar-refractivity contribution is 0.0324. The summed E-state index contributed by atoms with van der Waals surface area (Å²) < 4.78 is 29.9. The fraction of sp³-hybridized carbons (Fsp3) is 1.00. The Morgan fingerprint density at radius 1 is 0.933 bits per heavy atom. The second-order valence-electron chi connectivity index (χ2n) is 2.65. The van der Waals surface area contributed by atoms with Crippen molar-refractivity contribution in [3.05, 3.63) is 0 Å². The molecule has 8 nitrogen and oxygen atoms in total. The minimum Gasteiger partial charge on any atom is -0.394 e. The van der Waals surface area contributed by atoms with E-state index in [0.29, 0.717) is 0 Å². The maximum Gasteiger partial charge on any atom is 0.400 e. The molecule has 15 heavy (non-hydrogen) atoms. The van der Waals surface area contributed by atoms with Crippen LogP contribution in [0.4, 0.5) is 0 Å². The van der Waals surface area contributed by atoms with Gasteiger partial charge in [-0.25, -0.2) is 8.37 Å². The van der Waals surface area contributed by atoms with Crippen LogP contribution >= 0.6 is 0 Å². The maximum absolute atomic E-state index is 10.8. The van der Waals surface area contributed by atoms with E-state index < -0.39 is 49.0 Å². The zero-order valence-corrected chi connectivity index (χ0v) is 8.63. The first kappa shape index (κ1) is 14.7. The minimum atomic E-state index is -4.33. The third-order valence-corrected chi connectivity index (χ3v) is 2.08. The van der Waals surface area contributed by atoms with E-state index in [1.54, 1.807) is 0 Å². The number of aliphatic hydroxyl groups is 4. The van der Waals surface area contributed by atoms with Crippen LogP contribution in [0.25, 0.3) is 0 Å². The number of aliphatic hydroxyl groups excluding tert-OH is 4. The zero-order chi connectivity index (χ0) is 11.9. The van der Waals surface area contributed by atoms with Crippen molar-refractivity contribution in [2.75, 3.05) is 26.4 Å². The van der Waals surface area contributed by atoms with Gasteiger partial charge in [-0.1, -0.05) is 0 Å². The summed E-state index contributed by atoms with van der Waals surface area (Å²) in [7, 11) is -4.33. The molecule has 92 valence electrons. The topological polar surface area (TPSA) is 134 Å². The predicted molar refractivity (Wildman–Crippen MR) is 47.0 cm³/mol. The fourth-order valence-electron chi connectivity index (χ4n) is 0.463. The Kier molecular flexibility index (Phi) is 6.92. The highest BCUT2D eigenvalue weighted by atomic mass is 32.3. The molecule has 0 bridgehead atoms. The van der Waals surface area contributed by atoms with E-state index in [9.17, 15) is 8.42 Å². The van der Waals surface area contributed by atoms with Crippen molar-refractivity contribution in [3.8, 4) is 0 Å². The second kappa shape index (κ2) is 7.06. The molecule has 0 aliphatic carbocycles. The fourth-order valence-corrected chi connectivity index (χ4v) is 1.18. The van der Waals surface area contributed by atoms with Gasteiger partial charge in [0.1, 0.15) is 12.2 Å². The lowest BCUT2D eigenvalue weighted by atomic mass is 10.4. The molecule has 0 aliphatic rings. The Hall–Kier alpha value is -0.290. The molecule has 2 atom stereocenters. The zero-order valence-electron chi connectivity index (χ0n) is 7.81.